The molecule has 3 aliphatic heterocycles. The Morgan fingerprint density at radius 1 is 1.00 bits per heavy atom. The molecule has 3 heterocycles. The molecule has 2 atom stereocenters. The number of nitrogens with zero attached hydrogens (tertiary/aromatic N) is 3. The average molecular weight is 487 g/mol. The van der Waals surface area contributed by atoms with Gasteiger partial charge >= 0.3 is 6.03 Å². The van der Waals surface area contributed by atoms with Gasteiger partial charge in [-0.15, -0.1) is 0 Å². The summed E-state index contributed by atoms with van der Waals surface area (Å²) in [6, 6.07) is 21.2. The van der Waals surface area contributed by atoms with E-state index < -0.39 is 5.72 Å². The van der Waals surface area contributed by atoms with Crippen molar-refractivity contribution < 1.29 is 18.7 Å². The van der Waals surface area contributed by atoms with Crippen molar-refractivity contribution in [1.29, 1.82) is 0 Å². The van der Waals surface area contributed by atoms with Gasteiger partial charge in [0.1, 0.15) is 11.6 Å². The molecule has 36 heavy (non-hydrogen) atoms. The van der Waals surface area contributed by atoms with E-state index in [1.165, 1.54) is 6.07 Å². The number of nitrogens with one attached hydrogen (secondary N) is 1. The van der Waals surface area contributed by atoms with Crippen LogP contribution >= 0.6 is 0 Å². The summed E-state index contributed by atoms with van der Waals surface area (Å²) in [4.78, 5) is 31.9. The highest BCUT2D eigenvalue weighted by Crippen LogP contribution is 2.45. The molecule has 0 saturated carbocycles. The molecule has 6 rings (SSSR count). The molecule has 7 nitrogen and oxygen atoms in total. The van der Waals surface area contributed by atoms with Crippen molar-refractivity contribution in [3.8, 4) is 5.75 Å². The van der Waals surface area contributed by atoms with Gasteiger partial charge in [-0.1, -0.05) is 36.4 Å². The lowest BCUT2D eigenvalue weighted by Gasteiger charge is -2.50. The number of ether oxygens (including phenoxy) is 1. The fourth-order valence-electron chi connectivity index (χ4n) is 5.53. The Morgan fingerprint density at radius 2 is 1.75 bits per heavy atom. The summed E-state index contributed by atoms with van der Waals surface area (Å²) in [6.45, 7) is 3.98. The van der Waals surface area contributed by atoms with Gasteiger partial charge in [0, 0.05) is 43.7 Å². The minimum absolute atomic E-state index is 0.111. The number of halogens is 1. The first-order chi connectivity index (χ1) is 17.4. The lowest BCUT2D eigenvalue weighted by Crippen LogP contribution is -2.65. The second-order valence-corrected chi connectivity index (χ2v) is 9.64. The molecule has 0 aromatic heterocycles. The Labute approximate surface area is 209 Å². The molecule has 3 aromatic carbocycles. The molecule has 3 amide bonds. The van der Waals surface area contributed by atoms with Crippen molar-refractivity contribution in [2.45, 2.75) is 25.1 Å². The van der Waals surface area contributed by atoms with Crippen LogP contribution in [0.4, 0.5) is 20.6 Å². The van der Waals surface area contributed by atoms with Gasteiger partial charge in [0.25, 0.3) is 5.91 Å². The Morgan fingerprint density at radius 3 is 2.56 bits per heavy atom. The highest BCUT2D eigenvalue weighted by Gasteiger charge is 2.49. The second-order valence-electron chi connectivity index (χ2n) is 9.64. The Bertz CT molecular complexity index is 1340. The van der Waals surface area contributed by atoms with Crippen LogP contribution in [0.5, 0.6) is 5.75 Å². The molecule has 0 unspecified atom stereocenters. The Kier molecular flexibility index (Phi) is 5.32. The molecule has 3 aliphatic rings. The fourth-order valence-corrected chi connectivity index (χ4v) is 5.53. The topological polar surface area (TPSA) is 65.1 Å². The number of anilines is 2. The van der Waals surface area contributed by atoms with Crippen molar-refractivity contribution in [2.24, 2.45) is 0 Å². The SMILES string of the molecule is C[C@@]12C[C@@H](NC(=O)N1c1cccc(C(=O)N3CCN(c4ccccc4F)CC3)c1)c1ccccc1O2. The first kappa shape index (κ1) is 22.4. The maximum absolute atomic E-state index is 14.2. The quantitative estimate of drug-likeness (QED) is 0.590. The van der Waals surface area contributed by atoms with Gasteiger partial charge in [-0.25, -0.2) is 9.18 Å². The molecule has 2 saturated heterocycles. The lowest BCUT2D eigenvalue weighted by atomic mass is 9.90. The highest BCUT2D eigenvalue weighted by molar-refractivity contribution is 5.99. The van der Waals surface area contributed by atoms with E-state index in [1.807, 2.05) is 48.2 Å². The summed E-state index contributed by atoms with van der Waals surface area (Å²) in [5.41, 5.74) is 1.75. The summed E-state index contributed by atoms with van der Waals surface area (Å²) in [7, 11) is 0. The van der Waals surface area contributed by atoms with E-state index in [4.69, 9.17) is 4.74 Å². The predicted octanol–water partition coefficient (Wildman–Crippen LogP) is 4.56. The van der Waals surface area contributed by atoms with Gasteiger partial charge in [0.05, 0.1) is 17.4 Å². The summed E-state index contributed by atoms with van der Waals surface area (Å²) < 4.78 is 20.5. The number of urea groups is 1. The van der Waals surface area contributed by atoms with Crippen LogP contribution in [0.15, 0.2) is 72.8 Å². The first-order valence-electron chi connectivity index (χ1n) is 12.2. The zero-order valence-corrected chi connectivity index (χ0v) is 20.0. The summed E-state index contributed by atoms with van der Waals surface area (Å²) in [5, 5.41) is 3.09. The van der Waals surface area contributed by atoms with Crippen LogP contribution in [0.2, 0.25) is 0 Å². The zero-order chi connectivity index (χ0) is 24.9. The van der Waals surface area contributed by atoms with Gasteiger partial charge < -0.3 is 19.9 Å². The number of para-hydroxylation sites is 2. The van der Waals surface area contributed by atoms with Crippen LogP contribution < -0.4 is 19.9 Å². The minimum Gasteiger partial charge on any atom is -0.467 e. The number of rotatable bonds is 3. The number of benzene rings is 3. The monoisotopic (exact) mass is 486 g/mol. The molecule has 2 bridgehead atoms. The standard InChI is InChI=1S/C28H27FN4O3/c1-28-18-23(21-9-2-5-12-25(21)36-28)30-27(35)33(28)20-8-6-7-19(17-20)26(34)32-15-13-31(14-16-32)24-11-4-3-10-22(24)29/h2-12,17,23H,13-16,18H2,1H3,(H,30,35)/t23-,28-/m1/s1. The van der Waals surface area contributed by atoms with E-state index in [-0.39, 0.29) is 23.8 Å². The third kappa shape index (κ3) is 3.73. The van der Waals surface area contributed by atoms with E-state index in [1.54, 1.807) is 40.1 Å². The number of carbonyl (C=O) groups excluding carboxylic acids is 2. The Balaban J connectivity index is 1.21. The Hall–Kier alpha value is -4.07. The molecule has 184 valence electrons. The molecule has 2 fully saturated rings. The molecule has 0 aliphatic carbocycles. The van der Waals surface area contributed by atoms with Crippen LogP contribution in [0.3, 0.4) is 0 Å². The highest BCUT2D eigenvalue weighted by atomic mass is 19.1. The van der Waals surface area contributed by atoms with Crippen LogP contribution in [0, 0.1) is 5.82 Å². The zero-order valence-electron chi connectivity index (χ0n) is 20.0. The molecular formula is C28H27FN4O3. The normalized spacial score (nSPS) is 23.0. The van der Waals surface area contributed by atoms with Crippen LogP contribution in [-0.2, 0) is 0 Å². The molecule has 0 spiro atoms. The third-order valence-corrected chi connectivity index (χ3v) is 7.29. The van der Waals surface area contributed by atoms with Crippen LogP contribution in [-0.4, -0.2) is 48.7 Å². The summed E-state index contributed by atoms with van der Waals surface area (Å²) in [6.07, 6.45) is 0.589. The van der Waals surface area contributed by atoms with Gasteiger partial charge in [-0.05, 0) is 43.3 Å². The number of carbonyl (C=O) groups is 2. The van der Waals surface area contributed by atoms with Crippen molar-refractivity contribution >= 4 is 23.3 Å². The van der Waals surface area contributed by atoms with Gasteiger partial charge in [-0.3, -0.25) is 9.69 Å². The van der Waals surface area contributed by atoms with Crippen molar-refractivity contribution in [3.63, 3.8) is 0 Å². The predicted molar refractivity (Wildman–Crippen MR) is 135 cm³/mol. The number of amides is 3. The third-order valence-electron chi connectivity index (χ3n) is 7.29. The second kappa shape index (κ2) is 8.55. The fraction of sp³-hybridized carbons (Fsp3) is 0.286. The van der Waals surface area contributed by atoms with E-state index in [0.717, 1.165) is 11.3 Å². The van der Waals surface area contributed by atoms with Crippen LogP contribution in [0.1, 0.15) is 35.3 Å². The first-order valence-corrected chi connectivity index (χ1v) is 12.2. The van der Waals surface area contributed by atoms with E-state index in [0.29, 0.717) is 49.5 Å². The molecular weight excluding hydrogens is 459 g/mol. The summed E-state index contributed by atoms with van der Waals surface area (Å²) in [5.74, 6) is 0.384. The molecule has 8 heteroatoms. The number of fused-ring (bicyclic) bond motifs is 4. The largest absolute Gasteiger partial charge is 0.467 e. The lowest BCUT2D eigenvalue weighted by molar-refractivity contribution is 0.0378. The number of hydrogen-bond donors (Lipinski definition) is 1. The number of piperazine rings is 1. The van der Waals surface area contributed by atoms with Crippen LogP contribution in [0.25, 0.3) is 0 Å². The van der Waals surface area contributed by atoms with Crippen molar-refractivity contribution in [3.05, 3.63) is 89.7 Å². The maximum Gasteiger partial charge on any atom is 0.325 e. The van der Waals surface area contributed by atoms with Crippen molar-refractivity contribution in [2.75, 3.05) is 36.0 Å². The molecule has 3 aromatic rings. The molecule has 0 radical (unpaired) electrons. The smallest absolute Gasteiger partial charge is 0.325 e. The van der Waals surface area contributed by atoms with Gasteiger partial charge in [0.15, 0.2) is 5.72 Å². The average Bonchev–Trinajstić information content (AvgIpc) is 2.88. The number of hydrogen-bond acceptors (Lipinski definition) is 4. The van der Waals surface area contributed by atoms with E-state index in [2.05, 4.69) is 5.32 Å². The molecule has 1 N–H and O–H groups in total. The van der Waals surface area contributed by atoms with Gasteiger partial charge in [0.2, 0.25) is 0 Å². The maximum atomic E-state index is 14.2. The minimum atomic E-state index is -0.881. The van der Waals surface area contributed by atoms with Gasteiger partial charge in [-0.2, -0.15) is 0 Å². The van der Waals surface area contributed by atoms with E-state index in [9.17, 15) is 14.0 Å². The summed E-state index contributed by atoms with van der Waals surface area (Å²) >= 11 is 0. The van der Waals surface area contributed by atoms with E-state index >= 15 is 0 Å². The van der Waals surface area contributed by atoms with Crippen molar-refractivity contribution in [1.82, 2.24) is 10.2 Å².